The van der Waals surface area contributed by atoms with Gasteiger partial charge in [0, 0.05) is 28.8 Å². The van der Waals surface area contributed by atoms with Crippen LogP contribution in [0.1, 0.15) is 11.1 Å². The first-order chi connectivity index (χ1) is 9.33. The predicted octanol–water partition coefficient (Wildman–Crippen LogP) is 3.20. The highest BCUT2D eigenvalue weighted by Gasteiger charge is 2.21. The molecule has 19 heavy (non-hydrogen) atoms. The molecule has 0 amide bonds. The van der Waals surface area contributed by atoms with Crippen LogP contribution in [0.5, 0.6) is 5.75 Å². The minimum atomic E-state index is 0.373. The highest BCUT2D eigenvalue weighted by atomic mass is 32.2. The lowest BCUT2D eigenvalue weighted by Gasteiger charge is -2.10. The number of phenolic OH excluding ortho intramolecular Hbond substituents is 1. The topological polar surface area (TPSA) is 32.3 Å². The summed E-state index contributed by atoms with van der Waals surface area (Å²) in [5.74, 6) is 0.373. The summed E-state index contributed by atoms with van der Waals surface area (Å²) < 4.78 is 0. The number of fused-ring (bicyclic) bond motifs is 1. The second-order valence-corrected chi connectivity index (χ2v) is 6.15. The van der Waals surface area contributed by atoms with Crippen LogP contribution in [-0.2, 0) is 13.0 Å². The Morgan fingerprint density at radius 3 is 2.74 bits per heavy atom. The number of para-hydroxylation sites is 1. The zero-order chi connectivity index (χ0) is 13.1. The fraction of sp³-hybridized carbons (Fsp3) is 0.250. The number of benzene rings is 2. The van der Waals surface area contributed by atoms with Crippen molar-refractivity contribution in [1.82, 2.24) is 5.32 Å². The minimum absolute atomic E-state index is 0.373. The van der Waals surface area contributed by atoms with Crippen LogP contribution in [0.25, 0.3) is 0 Å². The molecule has 2 nitrogen and oxygen atoms in total. The van der Waals surface area contributed by atoms with Crippen molar-refractivity contribution in [1.29, 1.82) is 0 Å². The van der Waals surface area contributed by atoms with Crippen molar-refractivity contribution in [2.24, 2.45) is 0 Å². The Kier molecular flexibility index (Phi) is 3.76. The van der Waals surface area contributed by atoms with Crippen molar-refractivity contribution in [2.75, 3.05) is 6.54 Å². The van der Waals surface area contributed by atoms with Gasteiger partial charge in [-0.05, 0) is 24.1 Å². The van der Waals surface area contributed by atoms with E-state index in [-0.39, 0.29) is 0 Å². The van der Waals surface area contributed by atoms with E-state index in [9.17, 15) is 5.11 Å². The molecule has 0 spiro atoms. The van der Waals surface area contributed by atoms with Gasteiger partial charge in [0.25, 0.3) is 0 Å². The van der Waals surface area contributed by atoms with E-state index in [1.54, 1.807) is 6.07 Å². The van der Waals surface area contributed by atoms with Gasteiger partial charge in [0.1, 0.15) is 5.75 Å². The number of thioether (sulfide) groups is 1. The average molecular weight is 271 g/mol. The first-order valence-electron chi connectivity index (χ1n) is 6.55. The van der Waals surface area contributed by atoms with Crippen LogP contribution >= 0.6 is 11.8 Å². The van der Waals surface area contributed by atoms with Crippen LogP contribution < -0.4 is 5.32 Å². The summed E-state index contributed by atoms with van der Waals surface area (Å²) in [6, 6.07) is 16.1. The Morgan fingerprint density at radius 1 is 1.11 bits per heavy atom. The molecule has 0 aromatic heterocycles. The largest absolute Gasteiger partial charge is 0.508 e. The summed E-state index contributed by atoms with van der Waals surface area (Å²) in [5.41, 5.74) is 2.42. The lowest BCUT2D eigenvalue weighted by atomic mass is 10.1. The molecular weight excluding hydrogens is 254 g/mol. The Morgan fingerprint density at radius 2 is 1.89 bits per heavy atom. The Hall–Kier alpha value is -1.45. The van der Waals surface area contributed by atoms with Crippen LogP contribution in [0.3, 0.4) is 0 Å². The molecule has 1 atom stereocenters. The molecule has 3 rings (SSSR count). The SMILES string of the molecule is Oc1ccccc1CNCC1Cc2ccccc2S1. The third-order valence-corrected chi connectivity index (χ3v) is 4.71. The molecule has 0 saturated heterocycles. The second kappa shape index (κ2) is 5.68. The van der Waals surface area contributed by atoms with Gasteiger partial charge in [-0.25, -0.2) is 0 Å². The molecule has 0 aliphatic carbocycles. The Bertz CT molecular complexity index is 545. The normalized spacial score (nSPS) is 17.4. The smallest absolute Gasteiger partial charge is 0.120 e. The lowest BCUT2D eigenvalue weighted by Crippen LogP contribution is -2.24. The fourth-order valence-electron chi connectivity index (χ4n) is 2.40. The van der Waals surface area contributed by atoms with Crippen molar-refractivity contribution in [2.45, 2.75) is 23.1 Å². The first-order valence-corrected chi connectivity index (χ1v) is 7.43. The van der Waals surface area contributed by atoms with E-state index in [0.717, 1.165) is 25.1 Å². The third kappa shape index (κ3) is 2.94. The fourth-order valence-corrected chi connectivity index (χ4v) is 3.68. The van der Waals surface area contributed by atoms with Gasteiger partial charge in [-0.1, -0.05) is 36.4 Å². The molecule has 1 heterocycles. The Labute approximate surface area is 117 Å². The maximum absolute atomic E-state index is 9.70. The molecule has 2 aromatic carbocycles. The van der Waals surface area contributed by atoms with Gasteiger partial charge in [0.05, 0.1) is 0 Å². The molecular formula is C16H17NOS. The molecule has 1 aliphatic heterocycles. The summed E-state index contributed by atoms with van der Waals surface area (Å²) in [6.07, 6.45) is 1.13. The van der Waals surface area contributed by atoms with E-state index in [1.807, 2.05) is 30.0 Å². The monoisotopic (exact) mass is 271 g/mol. The molecule has 0 bridgehead atoms. The third-order valence-electron chi connectivity index (χ3n) is 3.39. The van der Waals surface area contributed by atoms with Crippen molar-refractivity contribution in [3.05, 3.63) is 59.7 Å². The molecule has 1 aliphatic rings. The van der Waals surface area contributed by atoms with Crippen molar-refractivity contribution < 1.29 is 5.11 Å². The quantitative estimate of drug-likeness (QED) is 0.895. The van der Waals surface area contributed by atoms with Crippen molar-refractivity contribution in [3.63, 3.8) is 0 Å². The second-order valence-electron chi connectivity index (χ2n) is 4.81. The maximum Gasteiger partial charge on any atom is 0.120 e. The number of aromatic hydroxyl groups is 1. The van der Waals surface area contributed by atoms with E-state index >= 15 is 0 Å². The molecule has 0 radical (unpaired) electrons. The zero-order valence-corrected chi connectivity index (χ0v) is 11.5. The molecule has 98 valence electrons. The zero-order valence-electron chi connectivity index (χ0n) is 10.7. The van der Waals surface area contributed by atoms with E-state index in [2.05, 4.69) is 29.6 Å². The van der Waals surface area contributed by atoms with E-state index < -0.39 is 0 Å². The number of hydrogen-bond donors (Lipinski definition) is 2. The summed E-state index contributed by atoms with van der Waals surface area (Å²) in [6.45, 7) is 1.69. The molecule has 3 heteroatoms. The number of rotatable bonds is 4. The van der Waals surface area contributed by atoms with Gasteiger partial charge in [-0.15, -0.1) is 11.8 Å². The van der Waals surface area contributed by atoms with Gasteiger partial charge in [-0.3, -0.25) is 0 Å². The van der Waals surface area contributed by atoms with Gasteiger partial charge in [0.15, 0.2) is 0 Å². The van der Waals surface area contributed by atoms with Crippen LogP contribution in [0.2, 0.25) is 0 Å². The first kappa shape index (κ1) is 12.6. The van der Waals surface area contributed by atoms with Gasteiger partial charge >= 0.3 is 0 Å². The van der Waals surface area contributed by atoms with Crippen LogP contribution in [0.4, 0.5) is 0 Å². The van der Waals surface area contributed by atoms with Crippen LogP contribution in [-0.4, -0.2) is 16.9 Å². The van der Waals surface area contributed by atoms with Crippen LogP contribution in [0.15, 0.2) is 53.4 Å². The summed E-state index contributed by atoms with van der Waals surface area (Å²) in [7, 11) is 0. The van der Waals surface area contributed by atoms with E-state index in [4.69, 9.17) is 0 Å². The number of hydrogen-bond acceptors (Lipinski definition) is 3. The molecule has 0 saturated carbocycles. The van der Waals surface area contributed by atoms with Crippen molar-refractivity contribution >= 4 is 11.8 Å². The molecule has 2 aromatic rings. The van der Waals surface area contributed by atoms with E-state index in [1.165, 1.54) is 10.5 Å². The van der Waals surface area contributed by atoms with Gasteiger partial charge < -0.3 is 10.4 Å². The van der Waals surface area contributed by atoms with Gasteiger partial charge in [-0.2, -0.15) is 0 Å². The number of nitrogens with one attached hydrogen (secondary N) is 1. The highest BCUT2D eigenvalue weighted by Crippen LogP contribution is 2.36. The van der Waals surface area contributed by atoms with Crippen LogP contribution in [0, 0.1) is 0 Å². The standard InChI is InChI=1S/C16H17NOS/c18-15-7-3-1-6-13(15)10-17-11-14-9-12-5-2-4-8-16(12)19-14/h1-8,14,17-18H,9-11H2. The lowest BCUT2D eigenvalue weighted by molar-refractivity contribution is 0.464. The average Bonchev–Trinajstić information content (AvgIpc) is 2.83. The highest BCUT2D eigenvalue weighted by molar-refractivity contribution is 8.00. The minimum Gasteiger partial charge on any atom is -0.508 e. The maximum atomic E-state index is 9.70. The molecule has 0 fully saturated rings. The van der Waals surface area contributed by atoms with Crippen molar-refractivity contribution in [3.8, 4) is 5.75 Å². The summed E-state index contributed by atoms with van der Waals surface area (Å²) >= 11 is 1.95. The predicted molar refractivity (Wildman–Crippen MR) is 79.6 cm³/mol. The Balaban J connectivity index is 1.51. The molecule has 2 N–H and O–H groups in total. The summed E-state index contributed by atoms with van der Waals surface area (Å²) in [4.78, 5) is 1.41. The van der Waals surface area contributed by atoms with Gasteiger partial charge in [0.2, 0.25) is 0 Å². The number of phenols is 1. The van der Waals surface area contributed by atoms with E-state index in [0.29, 0.717) is 11.0 Å². The summed E-state index contributed by atoms with van der Waals surface area (Å²) in [5, 5.41) is 13.7. The molecule has 1 unspecified atom stereocenters.